The lowest BCUT2D eigenvalue weighted by Crippen LogP contribution is -2.22. The minimum atomic E-state index is -0.343. The van der Waals surface area contributed by atoms with Crippen LogP contribution in [0, 0.1) is 13.8 Å². The van der Waals surface area contributed by atoms with E-state index in [1.807, 2.05) is 51.1 Å². The Balaban J connectivity index is 1.52. The monoisotopic (exact) mass is 416 g/mol. The summed E-state index contributed by atoms with van der Waals surface area (Å²) in [7, 11) is 0. The van der Waals surface area contributed by atoms with Gasteiger partial charge in [0, 0.05) is 10.7 Å². The average molecular weight is 417 g/mol. The van der Waals surface area contributed by atoms with Gasteiger partial charge in [0.15, 0.2) is 5.82 Å². The van der Waals surface area contributed by atoms with Crippen LogP contribution in [0.15, 0.2) is 47.6 Å². The topological polar surface area (TPSA) is 79.9 Å². The molecule has 1 aromatic heterocycles. The van der Waals surface area contributed by atoms with Crippen LogP contribution in [0.5, 0.6) is 5.75 Å². The number of aryl methyl sites for hydroxylation is 2. The van der Waals surface area contributed by atoms with Gasteiger partial charge in [-0.25, -0.2) is 4.98 Å². The fraction of sp³-hybridized carbons (Fsp3) is 0.250. The van der Waals surface area contributed by atoms with E-state index in [9.17, 15) is 4.79 Å². The van der Waals surface area contributed by atoms with Crippen LogP contribution in [0.25, 0.3) is 0 Å². The minimum absolute atomic E-state index is 0.104. The lowest BCUT2D eigenvalue weighted by atomic mass is 10.2. The van der Waals surface area contributed by atoms with Crippen LogP contribution >= 0.6 is 23.4 Å². The van der Waals surface area contributed by atoms with Crippen LogP contribution in [0.3, 0.4) is 0 Å². The number of aromatic amines is 1. The first-order valence-electron chi connectivity index (χ1n) is 8.75. The Bertz CT molecular complexity index is 959. The molecule has 0 radical (unpaired) electrons. The second-order valence-electron chi connectivity index (χ2n) is 6.38. The molecule has 8 heteroatoms. The van der Waals surface area contributed by atoms with Crippen LogP contribution in [0.2, 0.25) is 5.02 Å². The first kappa shape index (κ1) is 20.2. The number of benzene rings is 2. The number of anilines is 1. The number of ether oxygens (including phenoxy) is 1. The molecule has 2 aromatic carbocycles. The van der Waals surface area contributed by atoms with Gasteiger partial charge in [-0.05, 0) is 56.7 Å². The highest BCUT2D eigenvalue weighted by atomic mass is 35.5. The van der Waals surface area contributed by atoms with E-state index < -0.39 is 0 Å². The van der Waals surface area contributed by atoms with E-state index in [-0.39, 0.29) is 17.8 Å². The van der Waals surface area contributed by atoms with Gasteiger partial charge in [0.25, 0.3) is 0 Å². The molecule has 28 heavy (non-hydrogen) atoms. The zero-order valence-corrected chi connectivity index (χ0v) is 17.4. The van der Waals surface area contributed by atoms with Gasteiger partial charge < -0.3 is 10.1 Å². The summed E-state index contributed by atoms with van der Waals surface area (Å²) >= 11 is 7.30. The minimum Gasteiger partial charge on any atom is -0.486 e. The summed E-state index contributed by atoms with van der Waals surface area (Å²) in [4.78, 5) is 16.7. The molecule has 0 spiro atoms. The van der Waals surface area contributed by atoms with Crippen LogP contribution < -0.4 is 10.1 Å². The Morgan fingerprint density at radius 2 is 2.00 bits per heavy atom. The van der Waals surface area contributed by atoms with Crippen molar-refractivity contribution >= 4 is 35.0 Å². The highest BCUT2D eigenvalue weighted by Gasteiger charge is 2.17. The number of H-pyrrole nitrogens is 1. The van der Waals surface area contributed by atoms with Crippen molar-refractivity contribution in [2.75, 3.05) is 5.32 Å². The summed E-state index contributed by atoms with van der Waals surface area (Å²) in [5, 5.41) is 10.7. The Morgan fingerprint density at radius 3 is 2.71 bits per heavy atom. The molecule has 0 aliphatic heterocycles. The largest absolute Gasteiger partial charge is 0.486 e. The molecule has 146 valence electrons. The first-order chi connectivity index (χ1) is 13.4. The third kappa shape index (κ3) is 5.50. The summed E-state index contributed by atoms with van der Waals surface area (Å²) in [5.41, 5.74) is 2.86. The van der Waals surface area contributed by atoms with Crippen molar-refractivity contribution in [3.8, 4) is 5.75 Å². The Morgan fingerprint density at radius 1 is 1.25 bits per heavy atom. The second-order valence-corrected chi connectivity index (χ2v) is 8.09. The quantitative estimate of drug-likeness (QED) is 0.542. The molecule has 0 saturated carbocycles. The maximum absolute atomic E-state index is 12.3. The van der Waals surface area contributed by atoms with Crippen molar-refractivity contribution < 1.29 is 9.53 Å². The third-order valence-corrected chi connectivity index (χ3v) is 5.37. The molecule has 0 aliphatic rings. The number of halogens is 1. The number of thioether (sulfide) groups is 1. The Kier molecular flexibility index (Phi) is 6.59. The molecule has 1 atom stereocenters. The Hall–Kier alpha value is -2.51. The van der Waals surface area contributed by atoms with Gasteiger partial charge in [-0.2, -0.15) is 0 Å². The molecule has 0 saturated heterocycles. The van der Waals surface area contributed by atoms with E-state index in [1.54, 1.807) is 12.1 Å². The maximum Gasteiger partial charge on any atom is 0.237 e. The number of nitrogens with one attached hydrogen (secondary N) is 2. The van der Waals surface area contributed by atoms with Gasteiger partial charge in [-0.15, -0.1) is 5.10 Å². The number of hydrogen-bond donors (Lipinski definition) is 2. The molecule has 0 fully saturated rings. The molecule has 0 aliphatic carbocycles. The van der Waals surface area contributed by atoms with Gasteiger partial charge >= 0.3 is 0 Å². The predicted molar refractivity (Wildman–Crippen MR) is 112 cm³/mol. The summed E-state index contributed by atoms with van der Waals surface area (Å²) in [5.74, 6) is 1.19. The van der Waals surface area contributed by atoms with Gasteiger partial charge in [0.1, 0.15) is 12.4 Å². The molecular weight excluding hydrogens is 396 g/mol. The molecule has 3 rings (SSSR count). The molecule has 0 unspecified atom stereocenters. The summed E-state index contributed by atoms with van der Waals surface area (Å²) < 4.78 is 5.70. The summed E-state index contributed by atoms with van der Waals surface area (Å²) in [6, 6.07) is 13.1. The lowest BCUT2D eigenvalue weighted by Gasteiger charge is -2.10. The standard InChI is InChI=1S/C20H21ClN4O2S/c1-12-4-6-15(7-5-12)22-19(26)14(3)28-20-23-18(24-25-20)11-27-16-8-9-17(21)13(2)10-16/h4-10,14H,11H2,1-3H3,(H,22,26)(H,23,24,25)/t14-/m1/s1. The van der Waals surface area contributed by atoms with Crippen molar-refractivity contribution in [2.45, 2.75) is 37.8 Å². The van der Waals surface area contributed by atoms with Gasteiger partial charge in [-0.1, -0.05) is 41.1 Å². The van der Waals surface area contributed by atoms with E-state index >= 15 is 0 Å². The summed E-state index contributed by atoms with van der Waals surface area (Å²) in [6.07, 6.45) is 0. The number of carbonyl (C=O) groups is 1. The zero-order valence-electron chi connectivity index (χ0n) is 15.8. The average Bonchev–Trinajstić information content (AvgIpc) is 3.12. The van der Waals surface area contributed by atoms with Crippen molar-refractivity contribution in [1.29, 1.82) is 0 Å². The number of nitrogens with zero attached hydrogens (tertiary/aromatic N) is 2. The highest BCUT2D eigenvalue weighted by Crippen LogP contribution is 2.23. The normalized spacial score (nSPS) is 11.9. The molecule has 1 amide bonds. The molecule has 1 heterocycles. The van der Waals surface area contributed by atoms with Crippen LogP contribution in [0.4, 0.5) is 5.69 Å². The van der Waals surface area contributed by atoms with Crippen LogP contribution in [-0.4, -0.2) is 26.3 Å². The van der Waals surface area contributed by atoms with Crippen molar-refractivity contribution in [3.63, 3.8) is 0 Å². The van der Waals surface area contributed by atoms with E-state index in [4.69, 9.17) is 16.3 Å². The molecular formula is C20H21ClN4O2S. The Labute approximate surface area is 173 Å². The maximum atomic E-state index is 12.3. The van der Waals surface area contributed by atoms with Gasteiger partial charge in [-0.3, -0.25) is 9.89 Å². The third-order valence-electron chi connectivity index (χ3n) is 3.99. The first-order valence-corrected chi connectivity index (χ1v) is 10.0. The van der Waals surface area contributed by atoms with Gasteiger partial charge in [0.2, 0.25) is 11.1 Å². The smallest absolute Gasteiger partial charge is 0.237 e. The van der Waals surface area contributed by atoms with E-state index in [0.29, 0.717) is 21.8 Å². The number of amides is 1. The number of rotatable bonds is 7. The fourth-order valence-corrected chi connectivity index (χ4v) is 3.21. The zero-order chi connectivity index (χ0) is 20.1. The van der Waals surface area contributed by atoms with Crippen molar-refractivity contribution in [3.05, 3.63) is 64.4 Å². The highest BCUT2D eigenvalue weighted by molar-refractivity contribution is 8.00. The number of aromatic nitrogens is 3. The van der Waals surface area contributed by atoms with Crippen LogP contribution in [-0.2, 0) is 11.4 Å². The molecule has 6 nitrogen and oxygen atoms in total. The lowest BCUT2D eigenvalue weighted by molar-refractivity contribution is -0.115. The SMILES string of the molecule is Cc1ccc(NC(=O)[C@@H](C)Sc2n[nH]c(COc3ccc(Cl)c(C)c3)n2)cc1. The van der Waals surface area contributed by atoms with Crippen LogP contribution in [0.1, 0.15) is 23.9 Å². The van der Waals surface area contributed by atoms with E-state index in [0.717, 1.165) is 16.8 Å². The molecule has 2 N–H and O–H groups in total. The van der Waals surface area contributed by atoms with E-state index in [2.05, 4.69) is 20.5 Å². The number of carbonyl (C=O) groups excluding carboxylic acids is 1. The predicted octanol–water partition coefficient (Wildman–Crippen LogP) is 4.77. The molecule has 0 bridgehead atoms. The fourth-order valence-electron chi connectivity index (χ4n) is 2.35. The second kappa shape index (κ2) is 9.12. The van der Waals surface area contributed by atoms with E-state index in [1.165, 1.54) is 11.8 Å². The number of hydrogen-bond acceptors (Lipinski definition) is 5. The van der Waals surface area contributed by atoms with Crippen molar-refractivity contribution in [1.82, 2.24) is 15.2 Å². The van der Waals surface area contributed by atoms with Gasteiger partial charge in [0.05, 0.1) is 5.25 Å². The van der Waals surface area contributed by atoms with Crippen molar-refractivity contribution in [2.24, 2.45) is 0 Å². The molecule has 3 aromatic rings. The summed E-state index contributed by atoms with van der Waals surface area (Å²) in [6.45, 7) is 5.99.